The number of amides is 2. The smallest absolute Gasteiger partial charge is 0.408 e. The first kappa shape index (κ1) is 31.8. The highest BCUT2D eigenvalue weighted by Crippen LogP contribution is 2.10. The second-order valence-electron chi connectivity index (χ2n) is 9.97. The lowest BCUT2D eigenvalue weighted by Crippen LogP contribution is -2.52. The Morgan fingerprint density at radius 2 is 1.18 bits per heavy atom. The predicted molar refractivity (Wildman–Crippen MR) is 144 cm³/mol. The number of aliphatic carboxylic acids is 1. The van der Waals surface area contributed by atoms with E-state index in [4.69, 9.17) is 14.2 Å². The Labute approximate surface area is 233 Å². The number of rotatable bonds is 14. The van der Waals surface area contributed by atoms with Crippen molar-refractivity contribution in [2.24, 2.45) is 0 Å². The molecule has 2 aromatic rings. The van der Waals surface area contributed by atoms with Crippen molar-refractivity contribution < 1.29 is 43.3 Å². The number of hydrogen-bond acceptors (Lipinski definition) is 8. The molecule has 2 atom stereocenters. The Balaban J connectivity index is 1.95. The van der Waals surface area contributed by atoms with Crippen LogP contribution in [0.1, 0.15) is 57.6 Å². The third-order valence-corrected chi connectivity index (χ3v) is 5.38. The second kappa shape index (κ2) is 15.9. The van der Waals surface area contributed by atoms with E-state index in [1.165, 1.54) is 0 Å². The Hall–Kier alpha value is -4.41. The van der Waals surface area contributed by atoms with Crippen LogP contribution in [0.25, 0.3) is 0 Å². The van der Waals surface area contributed by atoms with Crippen LogP contribution in [0.3, 0.4) is 0 Å². The van der Waals surface area contributed by atoms with Gasteiger partial charge >= 0.3 is 24.0 Å². The van der Waals surface area contributed by atoms with Gasteiger partial charge in [0.05, 0.1) is 0 Å². The van der Waals surface area contributed by atoms with Crippen molar-refractivity contribution in [2.75, 3.05) is 0 Å². The van der Waals surface area contributed by atoms with Crippen LogP contribution in [0.5, 0.6) is 0 Å². The van der Waals surface area contributed by atoms with Crippen molar-refractivity contribution in [1.29, 1.82) is 0 Å². The maximum absolute atomic E-state index is 13.0. The fraction of sp³-hybridized carbons (Fsp3) is 0.414. The lowest BCUT2D eigenvalue weighted by atomic mass is 10.1. The summed E-state index contributed by atoms with van der Waals surface area (Å²) in [7, 11) is 0. The monoisotopic (exact) mass is 556 g/mol. The summed E-state index contributed by atoms with van der Waals surface area (Å²) in [5, 5.41) is 14.3. The number of hydrogen-bond donors (Lipinski definition) is 3. The average Bonchev–Trinajstić information content (AvgIpc) is 2.90. The summed E-state index contributed by atoms with van der Waals surface area (Å²) in [4.78, 5) is 61.5. The Kier molecular flexibility index (Phi) is 12.6. The minimum Gasteiger partial charge on any atom is -0.480 e. The van der Waals surface area contributed by atoms with E-state index < -0.39 is 47.6 Å². The summed E-state index contributed by atoms with van der Waals surface area (Å²) in [6.07, 6.45) is -1.83. The molecule has 2 rings (SSSR count). The molecule has 0 spiro atoms. The molecule has 11 heteroatoms. The zero-order chi connectivity index (χ0) is 29.5. The van der Waals surface area contributed by atoms with E-state index in [1.54, 1.807) is 69.3 Å². The zero-order valence-corrected chi connectivity index (χ0v) is 22.9. The van der Waals surface area contributed by atoms with Gasteiger partial charge in [0.15, 0.2) is 0 Å². The van der Waals surface area contributed by atoms with Gasteiger partial charge in [0.2, 0.25) is 5.91 Å². The first-order valence-corrected chi connectivity index (χ1v) is 12.8. The number of carbonyl (C=O) groups is 5. The quantitative estimate of drug-likeness (QED) is 0.234. The minimum atomic E-state index is -1.44. The van der Waals surface area contributed by atoms with Crippen LogP contribution in [-0.4, -0.2) is 52.7 Å². The van der Waals surface area contributed by atoms with E-state index in [9.17, 15) is 29.1 Å². The molecule has 0 aliphatic heterocycles. The summed E-state index contributed by atoms with van der Waals surface area (Å²) in [6, 6.07) is 15.2. The van der Waals surface area contributed by atoms with E-state index in [-0.39, 0.29) is 38.9 Å². The fourth-order valence-electron chi connectivity index (χ4n) is 3.39. The standard InChI is InChI=1S/C29H36N2O9/c1-29(2,3)40-28(37)31-22(14-16-24(32)38-18-20-10-6-4-7-11-20)26(34)30-23(27(35)36)15-17-25(33)39-19-21-12-8-5-9-13-21/h4-13,22-23H,14-19H2,1-3H3,(H,30,34)(H,31,37)(H,35,36). The van der Waals surface area contributed by atoms with Gasteiger partial charge in [-0.1, -0.05) is 60.7 Å². The van der Waals surface area contributed by atoms with Crippen LogP contribution in [-0.2, 0) is 46.6 Å². The predicted octanol–water partition coefficient (Wildman–Crippen LogP) is 3.50. The number of carboxylic acids is 1. The maximum atomic E-state index is 13.0. The van der Waals surface area contributed by atoms with Gasteiger partial charge in [0, 0.05) is 12.8 Å². The average molecular weight is 557 g/mol. The van der Waals surface area contributed by atoms with Crippen LogP contribution in [0.4, 0.5) is 4.79 Å². The van der Waals surface area contributed by atoms with Gasteiger partial charge in [-0.15, -0.1) is 0 Å². The molecule has 2 aromatic carbocycles. The van der Waals surface area contributed by atoms with Crippen LogP contribution in [0, 0.1) is 0 Å². The minimum absolute atomic E-state index is 0.0338. The second-order valence-corrected chi connectivity index (χ2v) is 9.97. The Bertz CT molecular complexity index is 1130. The molecule has 0 heterocycles. The molecule has 0 aromatic heterocycles. The van der Waals surface area contributed by atoms with Crippen LogP contribution >= 0.6 is 0 Å². The van der Waals surface area contributed by atoms with Crippen molar-refractivity contribution in [3.63, 3.8) is 0 Å². The van der Waals surface area contributed by atoms with Gasteiger partial charge in [0.1, 0.15) is 30.9 Å². The molecule has 2 amide bonds. The summed E-state index contributed by atoms with van der Waals surface area (Å²) >= 11 is 0. The van der Waals surface area contributed by atoms with E-state index >= 15 is 0 Å². The van der Waals surface area contributed by atoms with Crippen molar-refractivity contribution in [2.45, 2.75) is 77.4 Å². The number of benzene rings is 2. The number of alkyl carbamates (subject to hydrolysis) is 1. The van der Waals surface area contributed by atoms with Gasteiger partial charge in [-0.25, -0.2) is 9.59 Å². The van der Waals surface area contributed by atoms with E-state index in [2.05, 4.69) is 10.6 Å². The molecule has 0 saturated heterocycles. The third-order valence-electron chi connectivity index (χ3n) is 5.38. The van der Waals surface area contributed by atoms with E-state index in [0.29, 0.717) is 0 Å². The molecule has 0 bridgehead atoms. The molecule has 40 heavy (non-hydrogen) atoms. The van der Waals surface area contributed by atoms with Gasteiger partial charge < -0.3 is 30.0 Å². The highest BCUT2D eigenvalue weighted by molar-refractivity contribution is 5.89. The van der Waals surface area contributed by atoms with Gasteiger partial charge in [-0.3, -0.25) is 14.4 Å². The van der Waals surface area contributed by atoms with Gasteiger partial charge in [-0.2, -0.15) is 0 Å². The first-order valence-electron chi connectivity index (χ1n) is 12.8. The molecule has 3 N–H and O–H groups in total. The van der Waals surface area contributed by atoms with Crippen LogP contribution < -0.4 is 10.6 Å². The number of ether oxygens (including phenoxy) is 3. The lowest BCUT2D eigenvalue weighted by molar-refractivity contribution is -0.147. The molecule has 0 aliphatic carbocycles. The zero-order valence-electron chi connectivity index (χ0n) is 22.9. The number of esters is 2. The lowest BCUT2D eigenvalue weighted by Gasteiger charge is -2.24. The van der Waals surface area contributed by atoms with Gasteiger partial charge in [-0.05, 0) is 44.7 Å². The molecule has 11 nitrogen and oxygen atoms in total. The van der Waals surface area contributed by atoms with E-state index in [1.807, 2.05) is 12.1 Å². The Morgan fingerprint density at radius 1 is 0.725 bits per heavy atom. The molecule has 216 valence electrons. The van der Waals surface area contributed by atoms with Crippen molar-refractivity contribution >= 4 is 29.9 Å². The number of carboxylic acid groups (broad SMARTS) is 1. The number of carbonyl (C=O) groups excluding carboxylic acids is 4. The molecule has 0 radical (unpaired) electrons. The van der Waals surface area contributed by atoms with Crippen molar-refractivity contribution in [3.8, 4) is 0 Å². The molecular weight excluding hydrogens is 520 g/mol. The van der Waals surface area contributed by atoms with Crippen molar-refractivity contribution in [3.05, 3.63) is 71.8 Å². The highest BCUT2D eigenvalue weighted by atomic mass is 16.6. The first-order chi connectivity index (χ1) is 18.9. The maximum Gasteiger partial charge on any atom is 0.408 e. The highest BCUT2D eigenvalue weighted by Gasteiger charge is 2.29. The third kappa shape index (κ3) is 12.9. The number of nitrogens with one attached hydrogen (secondary N) is 2. The molecule has 0 saturated carbocycles. The summed E-state index contributed by atoms with van der Waals surface area (Å²) < 4.78 is 15.6. The topological polar surface area (TPSA) is 157 Å². The van der Waals surface area contributed by atoms with Gasteiger partial charge in [0.25, 0.3) is 0 Å². The SMILES string of the molecule is CC(C)(C)OC(=O)NC(CCC(=O)OCc1ccccc1)C(=O)NC(CCC(=O)OCc1ccccc1)C(=O)O. The summed E-state index contributed by atoms with van der Waals surface area (Å²) in [5.74, 6) is -3.47. The van der Waals surface area contributed by atoms with E-state index in [0.717, 1.165) is 11.1 Å². The molecule has 2 unspecified atom stereocenters. The normalized spacial score (nSPS) is 12.4. The summed E-state index contributed by atoms with van der Waals surface area (Å²) in [5.41, 5.74) is 0.699. The molecule has 0 fully saturated rings. The van der Waals surface area contributed by atoms with Crippen LogP contribution in [0.15, 0.2) is 60.7 Å². The molecule has 0 aliphatic rings. The van der Waals surface area contributed by atoms with Crippen LogP contribution in [0.2, 0.25) is 0 Å². The Morgan fingerprint density at radius 3 is 1.60 bits per heavy atom. The molecular formula is C29H36N2O9. The largest absolute Gasteiger partial charge is 0.480 e. The van der Waals surface area contributed by atoms with Crippen molar-refractivity contribution in [1.82, 2.24) is 10.6 Å². The fourth-order valence-corrected chi connectivity index (χ4v) is 3.39. The summed E-state index contributed by atoms with van der Waals surface area (Å²) in [6.45, 7) is 4.99.